The lowest BCUT2D eigenvalue weighted by Gasteiger charge is -2.17. The molecule has 0 bridgehead atoms. The molecule has 7 heteroatoms. The van der Waals surface area contributed by atoms with Gasteiger partial charge in [-0.3, -0.25) is 14.2 Å². The zero-order chi connectivity index (χ0) is 24.9. The summed E-state index contributed by atoms with van der Waals surface area (Å²) in [5.41, 5.74) is 3.45. The predicted octanol–water partition coefficient (Wildman–Crippen LogP) is 5.40. The van der Waals surface area contributed by atoms with Gasteiger partial charge in [0.15, 0.2) is 11.4 Å². The zero-order valence-corrected chi connectivity index (χ0v) is 20.5. The first-order valence-electron chi connectivity index (χ1n) is 11.5. The van der Waals surface area contributed by atoms with Gasteiger partial charge in [0.2, 0.25) is 0 Å². The van der Waals surface area contributed by atoms with E-state index in [0.717, 1.165) is 11.1 Å². The van der Waals surface area contributed by atoms with Gasteiger partial charge in [-0.25, -0.2) is 9.97 Å². The number of rotatable bonds is 8. The van der Waals surface area contributed by atoms with Crippen LogP contribution in [0.15, 0.2) is 107 Å². The monoisotopic (exact) mass is 492 g/mol. The van der Waals surface area contributed by atoms with E-state index in [-0.39, 0.29) is 11.3 Å². The first kappa shape index (κ1) is 23.5. The highest BCUT2D eigenvalue weighted by atomic mass is 32.2. The lowest BCUT2D eigenvalue weighted by molar-refractivity contribution is 0.103. The Kier molecular flexibility index (Phi) is 6.91. The van der Waals surface area contributed by atoms with Crippen molar-refractivity contribution in [2.24, 2.45) is 0 Å². The molecule has 2 aromatic heterocycles. The molecule has 6 nitrogen and oxygen atoms in total. The number of pyridine rings is 1. The van der Waals surface area contributed by atoms with Crippen molar-refractivity contribution in [2.45, 2.75) is 18.1 Å². The van der Waals surface area contributed by atoms with Crippen molar-refractivity contribution < 1.29 is 4.79 Å². The molecule has 0 spiro atoms. The lowest BCUT2D eigenvalue weighted by Crippen LogP contribution is -2.24. The maximum atomic E-state index is 13.8. The van der Waals surface area contributed by atoms with Gasteiger partial charge in [0, 0.05) is 12.1 Å². The van der Waals surface area contributed by atoms with Crippen LogP contribution in [0.25, 0.3) is 11.0 Å². The number of nitrogens with one attached hydrogen (secondary N) is 1. The average molecular weight is 493 g/mol. The van der Waals surface area contributed by atoms with Gasteiger partial charge in [0.1, 0.15) is 16.7 Å². The first-order chi connectivity index (χ1) is 17.7. The third-order valence-electron chi connectivity index (χ3n) is 5.90. The summed E-state index contributed by atoms with van der Waals surface area (Å²) >= 11 is 1.36. The predicted molar refractivity (Wildman–Crippen MR) is 145 cm³/mol. The van der Waals surface area contributed by atoms with E-state index in [2.05, 4.69) is 15.3 Å². The van der Waals surface area contributed by atoms with E-state index in [0.29, 0.717) is 46.0 Å². The number of hydrogen-bond acceptors (Lipinski definition) is 6. The number of thioether (sulfide) groups is 1. The molecule has 0 aliphatic carbocycles. The summed E-state index contributed by atoms with van der Waals surface area (Å²) in [5.74, 6) is -0.192. The molecule has 2 heterocycles. The average Bonchev–Trinajstić information content (AvgIpc) is 2.94. The minimum Gasteiger partial charge on any atom is -0.380 e. The maximum Gasteiger partial charge on any atom is 0.265 e. The van der Waals surface area contributed by atoms with Crippen LogP contribution in [0, 0.1) is 0 Å². The number of nitrogens with zero attached hydrogens (tertiary/aromatic N) is 3. The largest absolute Gasteiger partial charge is 0.380 e. The van der Waals surface area contributed by atoms with Crippen LogP contribution >= 0.6 is 11.8 Å². The van der Waals surface area contributed by atoms with E-state index in [4.69, 9.17) is 0 Å². The van der Waals surface area contributed by atoms with Gasteiger partial charge in [-0.1, -0.05) is 91.0 Å². The molecule has 0 saturated carbocycles. The van der Waals surface area contributed by atoms with Crippen molar-refractivity contribution in [3.63, 3.8) is 0 Å². The number of benzene rings is 3. The molecule has 0 atom stereocenters. The van der Waals surface area contributed by atoms with E-state index in [1.807, 2.05) is 85.1 Å². The Hall–Kier alpha value is -4.23. The molecule has 0 unspecified atom stereocenters. The molecule has 0 fully saturated rings. The van der Waals surface area contributed by atoms with Crippen LogP contribution < -0.4 is 10.9 Å². The summed E-state index contributed by atoms with van der Waals surface area (Å²) in [4.78, 5) is 36.7. The fraction of sp³-hybridized carbons (Fsp3) is 0.103. The number of carbonyl (C=O) groups is 1. The molecule has 0 aliphatic rings. The van der Waals surface area contributed by atoms with Gasteiger partial charge in [-0.2, -0.15) is 0 Å². The molecule has 0 radical (unpaired) electrons. The summed E-state index contributed by atoms with van der Waals surface area (Å²) in [6.45, 7) is 0.808. The number of anilines is 1. The van der Waals surface area contributed by atoms with Crippen LogP contribution in [-0.2, 0) is 13.1 Å². The molecule has 0 aliphatic heterocycles. The Morgan fingerprint density at radius 3 is 2.14 bits per heavy atom. The van der Waals surface area contributed by atoms with E-state index in [1.54, 1.807) is 16.7 Å². The Bertz CT molecular complexity index is 1570. The smallest absolute Gasteiger partial charge is 0.265 e. The number of carbonyl (C=O) groups excluding carboxylic acids is 1. The fourth-order valence-corrected chi connectivity index (χ4v) is 4.69. The lowest BCUT2D eigenvalue weighted by atomic mass is 10.0. The Morgan fingerprint density at radius 1 is 0.889 bits per heavy atom. The highest BCUT2D eigenvalue weighted by molar-refractivity contribution is 7.98. The van der Waals surface area contributed by atoms with Gasteiger partial charge in [0.25, 0.3) is 5.56 Å². The normalized spacial score (nSPS) is 10.9. The summed E-state index contributed by atoms with van der Waals surface area (Å²) in [6, 6.07) is 28.7. The SMILES string of the molecule is CSc1nc2ncn(Cc3ccccc3)c(=O)c2c(NCc2ccccc2)c1C(=O)c1ccccc1. The van der Waals surface area contributed by atoms with Crippen molar-refractivity contribution in [2.75, 3.05) is 11.6 Å². The second-order valence-electron chi connectivity index (χ2n) is 8.27. The highest BCUT2D eigenvalue weighted by Gasteiger charge is 2.25. The molecule has 1 N–H and O–H groups in total. The molecule has 5 aromatic rings. The van der Waals surface area contributed by atoms with Crippen LogP contribution in [0.2, 0.25) is 0 Å². The van der Waals surface area contributed by atoms with Crippen LogP contribution in [0.4, 0.5) is 5.69 Å². The summed E-state index contributed by atoms with van der Waals surface area (Å²) in [6.07, 6.45) is 3.39. The quantitative estimate of drug-likeness (QED) is 0.231. The second-order valence-corrected chi connectivity index (χ2v) is 9.06. The fourth-order valence-electron chi connectivity index (χ4n) is 4.12. The first-order valence-corrected chi connectivity index (χ1v) is 12.8. The van der Waals surface area contributed by atoms with Crippen molar-refractivity contribution in [1.82, 2.24) is 14.5 Å². The zero-order valence-electron chi connectivity index (χ0n) is 19.7. The van der Waals surface area contributed by atoms with Gasteiger partial charge in [0.05, 0.1) is 17.8 Å². The number of aromatic nitrogens is 3. The van der Waals surface area contributed by atoms with Crippen molar-refractivity contribution in [1.29, 1.82) is 0 Å². The summed E-state index contributed by atoms with van der Waals surface area (Å²) < 4.78 is 1.56. The second kappa shape index (κ2) is 10.6. The number of fused-ring (bicyclic) bond motifs is 1. The molecule has 0 saturated heterocycles. The molecule has 178 valence electrons. The maximum absolute atomic E-state index is 13.8. The molecule has 3 aromatic carbocycles. The topological polar surface area (TPSA) is 76.9 Å². The van der Waals surface area contributed by atoms with Crippen LogP contribution in [-0.4, -0.2) is 26.6 Å². The van der Waals surface area contributed by atoms with E-state index in [1.165, 1.54) is 18.1 Å². The van der Waals surface area contributed by atoms with Crippen LogP contribution in [0.3, 0.4) is 0 Å². The van der Waals surface area contributed by atoms with Crippen molar-refractivity contribution >= 4 is 34.3 Å². The molecule has 5 rings (SSSR count). The Balaban J connectivity index is 1.72. The van der Waals surface area contributed by atoms with Crippen LogP contribution in [0.1, 0.15) is 27.0 Å². The van der Waals surface area contributed by atoms with Crippen LogP contribution in [0.5, 0.6) is 0 Å². The Labute approximate surface area is 213 Å². The molecule has 0 amide bonds. The summed E-state index contributed by atoms with van der Waals surface area (Å²) in [5, 5.41) is 4.24. The third kappa shape index (κ3) is 4.78. The van der Waals surface area contributed by atoms with Crippen molar-refractivity contribution in [3.05, 3.63) is 130 Å². The molecular weight excluding hydrogens is 468 g/mol. The summed E-state index contributed by atoms with van der Waals surface area (Å²) in [7, 11) is 0. The number of hydrogen-bond donors (Lipinski definition) is 1. The van der Waals surface area contributed by atoms with Crippen molar-refractivity contribution in [3.8, 4) is 0 Å². The minimum absolute atomic E-state index is 0.192. The van der Waals surface area contributed by atoms with E-state index in [9.17, 15) is 9.59 Å². The van der Waals surface area contributed by atoms with Gasteiger partial charge in [-0.15, -0.1) is 11.8 Å². The van der Waals surface area contributed by atoms with E-state index >= 15 is 0 Å². The van der Waals surface area contributed by atoms with E-state index < -0.39 is 0 Å². The molecule has 36 heavy (non-hydrogen) atoms. The minimum atomic E-state index is -0.248. The molecular formula is C29H24N4O2S. The highest BCUT2D eigenvalue weighted by Crippen LogP contribution is 2.33. The Morgan fingerprint density at radius 2 is 1.50 bits per heavy atom. The van der Waals surface area contributed by atoms with Gasteiger partial charge in [-0.05, 0) is 17.4 Å². The number of ketones is 1. The standard InChI is InChI=1S/C29H24N4O2S/c1-36-28-23(26(34)22-15-9-4-10-16-22)25(30-17-20-11-5-2-6-12-20)24-27(32-28)31-19-33(29(24)35)18-21-13-7-3-8-14-21/h2-16,19H,17-18H2,1H3,(H,30,32). The third-order valence-corrected chi connectivity index (χ3v) is 6.59. The van der Waals surface area contributed by atoms with Gasteiger partial charge < -0.3 is 5.32 Å². The van der Waals surface area contributed by atoms with Gasteiger partial charge >= 0.3 is 0 Å².